The Bertz CT molecular complexity index is 1290. The largest absolute Gasteiger partial charge is 0.416 e. The highest BCUT2D eigenvalue weighted by Gasteiger charge is 2.32. The number of fused-ring (bicyclic) bond motifs is 2. The molecular formula is C23H16F3N3O. The minimum atomic E-state index is -4.42. The molecule has 4 nitrogen and oxygen atoms in total. The van der Waals surface area contributed by atoms with Crippen LogP contribution in [0.4, 0.5) is 13.2 Å². The number of benzene rings is 2. The van der Waals surface area contributed by atoms with Gasteiger partial charge in [-0.15, -0.1) is 0 Å². The van der Waals surface area contributed by atoms with E-state index in [4.69, 9.17) is 4.98 Å². The van der Waals surface area contributed by atoms with Crippen LogP contribution >= 0.6 is 0 Å². The van der Waals surface area contributed by atoms with E-state index in [2.05, 4.69) is 5.10 Å². The Morgan fingerprint density at radius 3 is 2.30 bits per heavy atom. The Morgan fingerprint density at radius 2 is 1.63 bits per heavy atom. The summed E-state index contributed by atoms with van der Waals surface area (Å²) in [5.74, 6) is -0.0406. The van der Waals surface area contributed by atoms with Crippen LogP contribution < -0.4 is 0 Å². The number of aromatic nitrogens is 3. The molecule has 5 rings (SSSR count). The predicted octanol–water partition coefficient (Wildman–Crippen LogP) is 5.54. The smallest absolute Gasteiger partial charge is 0.294 e. The first-order valence-electron chi connectivity index (χ1n) is 9.53. The molecule has 30 heavy (non-hydrogen) atoms. The second kappa shape index (κ2) is 6.52. The van der Waals surface area contributed by atoms with E-state index in [9.17, 15) is 18.0 Å². The summed E-state index contributed by atoms with van der Waals surface area (Å²) in [6, 6.07) is 14.4. The molecule has 2 heterocycles. The summed E-state index contributed by atoms with van der Waals surface area (Å²) in [5.41, 5.74) is 3.70. The van der Waals surface area contributed by atoms with Crippen molar-refractivity contribution in [2.45, 2.75) is 25.9 Å². The van der Waals surface area contributed by atoms with Gasteiger partial charge >= 0.3 is 6.18 Å². The number of para-hydroxylation sites is 1. The number of halogens is 3. The van der Waals surface area contributed by atoms with Gasteiger partial charge in [0.05, 0.1) is 28.0 Å². The van der Waals surface area contributed by atoms with Crippen LogP contribution in [0.15, 0.2) is 54.6 Å². The van der Waals surface area contributed by atoms with E-state index in [1.54, 1.807) is 4.68 Å². The zero-order valence-corrected chi connectivity index (χ0v) is 16.0. The van der Waals surface area contributed by atoms with Crippen molar-refractivity contribution in [1.29, 1.82) is 0 Å². The average molecular weight is 407 g/mol. The summed E-state index contributed by atoms with van der Waals surface area (Å²) >= 11 is 0. The maximum Gasteiger partial charge on any atom is 0.416 e. The van der Waals surface area contributed by atoms with Crippen LogP contribution in [-0.4, -0.2) is 20.5 Å². The van der Waals surface area contributed by atoms with Crippen LogP contribution in [-0.2, 0) is 12.6 Å². The van der Waals surface area contributed by atoms with Gasteiger partial charge in [-0.1, -0.05) is 30.3 Å². The molecule has 1 aliphatic rings. The van der Waals surface area contributed by atoms with Crippen molar-refractivity contribution < 1.29 is 18.0 Å². The number of aryl methyl sites for hydroxylation is 2. The molecule has 0 radical (unpaired) electrons. The van der Waals surface area contributed by atoms with Gasteiger partial charge in [0.1, 0.15) is 0 Å². The fourth-order valence-electron chi connectivity index (χ4n) is 4.07. The third-order valence-corrected chi connectivity index (χ3v) is 5.43. The molecule has 0 saturated heterocycles. The molecule has 0 saturated carbocycles. The molecule has 0 atom stereocenters. The molecule has 0 spiro atoms. The lowest BCUT2D eigenvalue weighted by molar-refractivity contribution is -0.137. The van der Waals surface area contributed by atoms with E-state index in [1.165, 1.54) is 12.1 Å². The number of rotatable bonds is 2. The standard InChI is InChI=1S/C23H16F3N3O/c1-13-19-20(14-7-9-15(10-8-14)23(24,25)26)21-17(11-12-18(21)30)27-22(19)29(28-13)16-5-3-2-4-6-16/h2-10H,11-12H2,1H3. The lowest BCUT2D eigenvalue weighted by Gasteiger charge is -2.12. The Labute approximate surface area is 170 Å². The van der Waals surface area contributed by atoms with Gasteiger partial charge in [-0.2, -0.15) is 18.3 Å². The first-order valence-corrected chi connectivity index (χ1v) is 9.53. The summed E-state index contributed by atoms with van der Waals surface area (Å²) in [6.45, 7) is 1.82. The van der Waals surface area contributed by atoms with Crippen molar-refractivity contribution in [2.24, 2.45) is 0 Å². The number of alkyl halides is 3. The van der Waals surface area contributed by atoms with Crippen molar-refractivity contribution in [1.82, 2.24) is 14.8 Å². The normalized spacial score (nSPS) is 13.8. The minimum Gasteiger partial charge on any atom is -0.294 e. The lowest BCUT2D eigenvalue weighted by atomic mass is 9.94. The zero-order chi connectivity index (χ0) is 21.0. The second-order valence-corrected chi connectivity index (χ2v) is 7.34. The van der Waals surface area contributed by atoms with Gasteiger partial charge in [-0.25, -0.2) is 9.67 Å². The lowest BCUT2D eigenvalue weighted by Crippen LogP contribution is -2.05. The monoisotopic (exact) mass is 407 g/mol. The van der Waals surface area contributed by atoms with Crippen molar-refractivity contribution in [3.63, 3.8) is 0 Å². The van der Waals surface area contributed by atoms with E-state index in [1.807, 2.05) is 37.3 Å². The molecular weight excluding hydrogens is 391 g/mol. The molecule has 7 heteroatoms. The van der Waals surface area contributed by atoms with Crippen LogP contribution in [0.5, 0.6) is 0 Å². The first-order chi connectivity index (χ1) is 14.3. The molecule has 0 N–H and O–H groups in total. The predicted molar refractivity (Wildman–Crippen MR) is 107 cm³/mol. The average Bonchev–Trinajstić information content (AvgIpc) is 3.27. The highest BCUT2D eigenvalue weighted by atomic mass is 19.4. The van der Waals surface area contributed by atoms with Crippen LogP contribution in [0.2, 0.25) is 0 Å². The van der Waals surface area contributed by atoms with Gasteiger partial charge < -0.3 is 0 Å². The van der Waals surface area contributed by atoms with Gasteiger partial charge in [-0.05, 0) is 43.2 Å². The molecule has 1 aliphatic carbocycles. The summed E-state index contributed by atoms with van der Waals surface area (Å²) in [5, 5.41) is 5.32. The van der Waals surface area contributed by atoms with Gasteiger partial charge in [0, 0.05) is 17.5 Å². The Morgan fingerprint density at radius 1 is 0.933 bits per heavy atom. The Hall–Kier alpha value is -3.48. The maximum absolute atomic E-state index is 13.0. The van der Waals surface area contributed by atoms with Crippen LogP contribution in [0.3, 0.4) is 0 Å². The topological polar surface area (TPSA) is 47.8 Å². The summed E-state index contributed by atoms with van der Waals surface area (Å²) < 4.78 is 40.8. The molecule has 2 aromatic carbocycles. The highest BCUT2D eigenvalue weighted by molar-refractivity contribution is 6.12. The first kappa shape index (κ1) is 18.5. The molecule has 0 amide bonds. The van der Waals surface area contributed by atoms with E-state index >= 15 is 0 Å². The number of Topliss-reactive ketones (excluding diaryl/α,β-unsaturated/α-hetero) is 1. The fraction of sp³-hybridized carbons (Fsp3) is 0.174. The van der Waals surface area contributed by atoms with Crippen LogP contribution in [0.25, 0.3) is 27.8 Å². The van der Waals surface area contributed by atoms with E-state index in [0.29, 0.717) is 52.0 Å². The van der Waals surface area contributed by atoms with Crippen molar-refractivity contribution in [2.75, 3.05) is 0 Å². The third-order valence-electron chi connectivity index (χ3n) is 5.43. The highest BCUT2D eigenvalue weighted by Crippen LogP contribution is 2.40. The molecule has 4 aromatic rings. The molecule has 2 aromatic heterocycles. The molecule has 0 unspecified atom stereocenters. The van der Waals surface area contributed by atoms with Crippen molar-refractivity contribution >= 4 is 16.8 Å². The third kappa shape index (κ3) is 2.81. The van der Waals surface area contributed by atoms with Gasteiger partial charge in [0.25, 0.3) is 0 Å². The minimum absolute atomic E-state index is 0.0406. The maximum atomic E-state index is 13.0. The SMILES string of the molecule is Cc1nn(-c2ccccc2)c2nc3c(c(-c4ccc(C(F)(F)F)cc4)c12)C(=O)CC3. The second-order valence-electron chi connectivity index (χ2n) is 7.34. The number of pyridine rings is 1. The molecule has 0 aliphatic heterocycles. The molecule has 0 fully saturated rings. The van der Waals surface area contributed by atoms with Gasteiger partial charge in [0.2, 0.25) is 0 Å². The summed E-state index contributed by atoms with van der Waals surface area (Å²) in [4.78, 5) is 17.4. The quantitative estimate of drug-likeness (QED) is 0.438. The molecule has 0 bridgehead atoms. The Kier molecular flexibility index (Phi) is 4.03. The van der Waals surface area contributed by atoms with Crippen molar-refractivity contribution in [3.8, 4) is 16.8 Å². The fourth-order valence-corrected chi connectivity index (χ4v) is 4.07. The Balaban J connectivity index is 1.82. The number of hydrogen-bond acceptors (Lipinski definition) is 3. The molecule has 150 valence electrons. The van der Waals surface area contributed by atoms with Crippen molar-refractivity contribution in [3.05, 3.63) is 77.1 Å². The number of carbonyl (C=O) groups excluding carboxylic acids is 1. The van der Waals surface area contributed by atoms with E-state index < -0.39 is 11.7 Å². The summed E-state index contributed by atoms with van der Waals surface area (Å²) in [7, 11) is 0. The number of hydrogen-bond donors (Lipinski definition) is 0. The number of carbonyl (C=O) groups is 1. The van der Waals surface area contributed by atoms with E-state index in [0.717, 1.165) is 17.8 Å². The van der Waals surface area contributed by atoms with E-state index in [-0.39, 0.29) is 5.78 Å². The number of nitrogens with zero attached hydrogens (tertiary/aromatic N) is 3. The van der Waals surface area contributed by atoms with Crippen LogP contribution in [0, 0.1) is 6.92 Å². The van der Waals surface area contributed by atoms with Crippen LogP contribution in [0.1, 0.15) is 33.7 Å². The summed E-state index contributed by atoms with van der Waals surface area (Å²) in [6.07, 6.45) is -3.56. The zero-order valence-electron chi connectivity index (χ0n) is 16.0. The van der Waals surface area contributed by atoms with Gasteiger partial charge in [-0.3, -0.25) is 4.79 Å². The number of ketones is 1. The van der Waals surface area contributed by atoms with Gasteiger partial charge in [0.15, 0.2) is 11.4 Å².